The van der Waals surface area contributed by atoms with Gasteiger partial charge in [-0.2, -0.15) is 0 Å². The number of carbonyl (C=O) groups excluding carboxylic acids is 2. The Morgan fingerprint density at radius 3 is 2.56 bits per heavy atom. The van der Waals surface area contributed by atoms with E-state index in [2.05, 4.69) is 5.16 Å². The van der Waals surface area contributed by atoms with Gasteiger partial charge in [-0.3, -0.25) is 9.59 Å². The van der Waals surface area contributed by atoms with Crippen LogP contribution in [0.25, 0.3) is 0 Å². The van der Waals surface area contributed by atoms with Gasteiger partial charge in [0.15, 0.2) is 0 Å². The molecule has 7 heteroatoms. The number of oxime groups is 1. The Kier molecular flexibility index (Phi) is 3.58. The van der Waals surface area contributed by atoms with Crippen LogP contribution in [0.15, 0.2) is 47.6 Å². The van der Waals surface area contributed by atoms with Crippen molar-refractivity contribution < 1.29 is 18.8 Å². The van der Waals surface area contributed by atoms with Crippen LogP contribution in [0.1, 0.15) is 11.1 Å². The Labute approximate surface area is 147 Å². The molecule has 2 heterocycles. The highest BCUT2D eigenvalue weighted by molar-refractivity contribution is 6.34. The van der Waals surface area contributed by atoms with Gasteiger partial charge in [-0.1, -0.05) is 35.0 Å². The number of benzene rings is 2. The Morgan fingerprint density at radius 2 is 1.84 bits per heavy atom. The summed E-state index contributed by atoms with van der Waals surface area (Å²) >= 11 is 6.01. The van der Waals surface area contributed by atoms with Gasteiger partial charge in [0.1, 0.15) is 17.4 Å². The van der Waals surface area contributed by atoms with E-state index in [0.717, 1.165) is 10.5 Å². The van der Waals surface area contributed by atoms with E-state index in [0.29, 0.717) is 22.0 Å². The molecule has 25 heavy (non-hydrogen) atoms. The van der Waals surface area contributed by atoms with Crippen molar-refractivity contribution in [2.75, 3.05) is 4.90 Å². The number of aryl methyl sites for hydroxylation is 1. The Bertz CT molecular complexity index is 926. The van der Waals surface area contributed by atoms with Crippen molar-refractivity contribution in [1.82, 2.24) is 0 Å². The number of imide groups is 1. The second kappa shape index (κ2) is 5.67. The minimum atomic E-state index is -1.01. The van der Waals surface area contributed by atoms with Crippen molar-refractivity contribution in [3.05, 3.63) is 64.4 Å². The van der Waals surface area contributed by atoms with Crippen LogP contribution < -0.4 is 4.90 Å². The van der Waals surface area contributed by atoms with Crippen LogP contribution in [-0.2, 0) is 14.4 Å². The average Bonchev–Trinajstić information content (AvgIpc) is 3.12. The van der Waals surface area contributed by atoms with E-state index < -0.39 is 29.7 Å². The number of hydrogen-bond donors (Lipinski definition) is 0. The molecule has 2 atom stereocenters. The highest BCUT2D eigenvalue weighted by Crippen LogP contribution is 2.37. The van der Waals surface area contributed by atoms with Gasteiger partial charge in [-0.25, -0.2) is 9.29 Å². The van der Waals surface area contributed by atoms with Crippen LogP contribution in [0.3, 0.4) is 0 Å². The highest BCUT2D eigenvalue weighted by atomic mass is 35.5. The zero-order chi connectivity index (χ0) is 17.7. The first kappa shape index (κ1) is 15.8. The molecular weight excluding hydrogens is 347 g/mol. The fraction of sp³-hybridized carbons (Fsp3) is 0.167. The van der Waals surface area contributed by atoms with E-state index in [-0.39, 0.29) is 0 Å². The van der Waals surface area contributed by atoms with Gasteiger partial charge in [0.05, 0.1) is 5.69 Å². The second-order valence-corrected chi connectivity index (χ2v) is 6.37. The predicted octanol–water partition coefficient (Wildman–Crippen LogP) is 3.08. The van der Waals surface area contributed by atoms with Crippen molar-refractivity contribution in [2.45, 2.75) is 13.0 Å². The van der Waals surface area contributed by atoms with Crippen molar-refractivity contribution in [3.8, 4) is 0 Å². The van der Waals surface area contributed by atoms with Gasteiger partial charge in [-0.15, -0.1) is 0 Å². The lowest BCUT2D eigenvalue weighted by molar-refractivity contribution is -0.126. The van der Waals surface area contributed by atoms with E-state index >= 15 is 0 Å². The molecule has 0 radical (unpaired) electrons. The normalized spacial score (nSPS) is 22.0. The third-order valence-electron chi connectivity index (χ3n) is 4.36. The number of rotatable bonds is 2. The first-order chi connectivity index (χ1) is 12.0. The van der Waals surface area contributed by atoms with Crippen LogP contribution in [0.5, 0.6) is 0 Å². The largest absolute Gasteiger partial charge is 0.381 e. The number of carbonyl (C=O) groups is 2. The van der Waals surface area contributed by atoms with Crippen LogP contribution in [0.4, 0.5) is 10.1 Å². The van der Waals surface area contributed by atoms with Gasteiger partial charge < -0.3 is 4.84 Å². The number of amides is 2. The third kappa shape index (κ3) is 2.41. The third-order valence-corrected chi connectivity index (χ3v) is 4.60. The van der Waals surface area contributed by atoms with Gasteiger partial charge in [0.2, 0.25) is 12.0 Å². The number of anilines is 1. The Morgan fingerprint density at radius 1 is 1.12 bits per heavy atom. The summed E-state index contributed by atoms with van der Waals surface area (Å²) in [6.45, 7) is 1.79. The van der Waals surface area contributed by atoms with Crippen LogP contribution in [0, 0.1) is 18.7 Å². The first-order valence-electron chi connectivity index (χ1n) is 7.61. The molecule has 0 bridgehead atoms. The van der Waals surface area contributed by atoms with Crippen LogP contribution in [0.2, 0.25) is 5.02 Å². The molecule has 0 N–H and O–H groups in total. The second-order valence-electron chi connectivity index (χ2n) is 5.93. The topological polar surface area (TPSA) is 59.0 Å². The molecule has 4 rings (SSSR count). The molecule has 126 valence electrons. The number of halogens is 2. The maximum Gasteiger partial charge on any atom is 0.278 e. The summed E-state index contributed by atoms with van der Waals surface area (Å²) in [6.07, 6.45) is -1.01. The smallest absolute Gasteiger partial charge is 0.278 e. The fourth-order valence-electron chi connectivity index (χ4n) is 3.10. The molecule has 0 spiro atoms. The molecule has 0 aromatic heterocycles. The highest BCUT2D eigenvalue weighted by Gasteiger charge is 2.56. The van der Waals surface area contributed by atoms with E-state index in [1.165, 1.54) is 24.3 Å². The molecule has 2 aliphatic rings. The Hall–Kier alpha value is -2.73. The van der Waals surface area contributed by atoms with Crippen molar-refractivity contribution in [1.29, 1.82) is 0 Å². The minimum Gasteiger partial charge on any atom is -0.381 e. The van der Waals surface area contributed by atoms with Gasteiger partial charge >= 0.3 is 0 Å². The average molecular weight is 359 g/mol. The lowest BCUT2D eigenvalue weighted by atomic mass is 9.94. The fourth-order valence-corrected chi connectivity index (χ4v) is 3.26. The van der Waals surface area contributed by atoms with E-state index in [9.17, 15) is 14.0 Å². The maximum absolute atomic E-state index is 13.1. The molecule has 2 aliphatic heterocycles. The summed E-state index contributed by atoms with van der Waals surface area (Å²) in [5.74, 6) is -2.16. The van der Waals surface area contributed by atoms with Crippen molar-refractivity contribution in [2.24, 2.45) is 11.1 Å². The molecule has 0 saturated carbocycles. The molecule has 0 aliphatic carbocycles. The quantitative estimate of drug-likeness (QED) is 0.775. The van der Waals surface area contributed by atoms with Crippen molar-refractivity contribution >= 4 is 34.8 Å². The molecule has 1 saturated heterocycles. The monoisotopic (exact) mass is 358 g/mol. The van der Waals surface area contributed by atoms with E-state index in [4.69, 9.17) is 16.4 Å². The predicted molar refractivity (Wildman–Crippen MR) is 90.0 cm³/mol. The summed E-state index contributed by atoms with van der Waals surface area (Å²) in [6, 6.07) is 10.5. The summed E-state index contributed by atoms with van der Waals surface area (Å²) < 4.78 is 13.1. The zero-order valence-electron chi connectivity index (χ0n) is 13.1. The number of hydrogen-bond acceptors (Lipinski definition) is 4. The van der Waals surface area contributed by atoms with Gasteiger partial charge in [0, 0.05) is 10.6 Å². The Balaban J connectivity index is 1.73. The minimum absolute atomic E-state index is 0.325. The standard InChI is InChI=1S/C18H12ClFN2O3/c1-9-2-5-11(19)8-13(9)22-17(23)14-15(21-25-16(14)18(22)24)10-3-6-12(20)7-4-10/h2-8,14,16H,1H3/t14-,16-/m0/s1. The molecule has 0 unspecified atom stereocenters. The SMILES string of the molecule is Cc1ccc(Cl)cc1N1C(=O)[C@H]2C(c3ccc(F)cc3)=NO[C@@H]2C1=O. The van der Waals surface area contributed by atoms with Crippen LogP contribution >= 0.6 is 11.6 Å². The zero-order valence-corrected chi connectivity index (χ0v) is 13.8. The van der Waals surface area contributed by atoms with Gasteiger partial charge in [-0.05, 0) is 36.8 Å². The number of fused-ring (bicyclic) bond motifs is 1. The van der Waals surface area contributed by atoms with Crippen LogP contribution in [-0.4, -0.2) is 23.6 Å². The summed E-state index contributed by atoms with van der Waals surface area (Å²) in [5, 5.41) is 4.31. The van der Waals surface area contributed by atoms with E-state index in [1.807, 2.05) is 0 Å². The lowest BCUT2D eigenvalue weighted by Crippen LogP contribution is -2.33. The molecule has 5 nitrogen and oxygen atoms in total. The molecule has 2 aromatic carbocycles. The van der Waals surface area contributed by atoms with Crippen molar-refractivity contribution in [3.63, 3.8) is 0 Å². The van der Waals surface area contributed by atoms with Gasteiger partial charge in [0.25, 0.3) is 5.91 Å². The molecule has 2 amide bonds. The molecule has 2 aromatic rings. The summed E-state index contributed by atoms with van der Waals surface area (Å²) in [5.41, 5.74) is 2.04. The molecule has 1 fully saturated rings. The molecular formula is C18H12ClFN2O3. The maximum atomic E-state index is 13.1. The lowest BCUT2D eigenvalue weighted by Gasteiger charge is -2.18. The first-order valence-corrected chi connectivity index (χ1v) is 7.99. The van der Waals surface area contributed by atoms with E-state index in [1.54, 1.807) is 25.1 Å². The number of nitrogens with zero attached hydrogens (tertiary/aromatic N) is 2. The summed E-state index contributed by atoms with van der Waals surface area (Å²) in [7, 11) is 0. The summed E-state index contributed by atoms with van der Waals surface area (Å²) in [4.78, 5) is 32.0.